The lowest BCUT2D eigenvalue weighted by Gasteiger charge is -2.33. The molecule has 3 aromatic heterocycles. The van der Waals surface area contributed by atoms with Gasteiger partial charge < -0.3 is 10.2 Å². The minimum atomic E-state index is 0.269. The van der Waals surface area contributed by atoms with Gasteiger partial charge in [0.15, 0.2) is 11.5 Å². The van der Waals surface area contributed by atoms with E-state index in [0.717, 1.165) is 41.1 Å². The van der Waals surface area contributed by atoms with Gasteiger partial charge in [-0.15, -0.1) is 0 Å². The van der Waals surface area contributed by atoms with Gasteiger partial charge in [-0.05, 0) is 42.5 Å². The number of para-hydroxylation sites is 2. The highest BCUT2D eigenvalue weighted by Gasteiger charge is 2.35. The molecule has 0 aliphatic heterocycles. The molecule has 1 fully saturated rings. The van der Waals surface area contributed by atoms with Gasteiger partial charge in [-0.2, -0.15) is 0 Å². The van der Waals surface area contributed by atoms with E-state index in [9.17, 15) is 0 Å². The molecule has 128 valence electrons. The predicted molar refractivity (Wildman–Crippen MR) is 98.4 cm³/mol. The zero-order valence-electron chi connectivity index (χ0n) is 14.0. The van der Waals surface area contributed by atoms with Crippen LogP contribution in [0.15, 0.2) is 59.4 Å². The average molecular weight is 343 g/mol. The average Bonchev–Trinajstić information content (AvgIpc) is 3.05. The Kier molecular flexibility index (Phi) is 3.41. The lowest BCUT2D eigenvalue weighted by Crippen LogP contribution is -2.20. The van der Waals surface area contributed by atoms with Crippen molar-refractivity contribution >= 4 is 17.0 Å². The summed E-state index contributed by atoms with van der Waals surface area (Å²) >= 11 is 0. The number of hydrogen-bond acceptors (Lipinski definition) is 6. The summed E-state index contributed by atoms with van der Waals surface area (Å²) in [4.78, 5) is 17.2. The summed E-state index contributed by atoms with van der Waals surface area (Å²) in [6.45, 7) is 0. The predicted octanol–water partition coefficient (Wildman–Crippen LogP) is 3.92. The van der Waals surface area contributed by atoms with Crippen LogP contribution in [0.4, 0.5) is 5.95 Å². The molecule has 4 aromatic rings. The molecule has 1 saturated carbocycles. The number of nitrogen functional groups attached to an aromatic ring is 1. The van der Waals surface area contributed by atoms with Crippen molar-refractivity contribution in [2.24, 2.45) is 0 Å². The molecule has 0 unspecified atom stereocenters. The van der Waals surface area contributed by atoms with Crippen LogP contribution in [0.1, 0.15) is 36.1 Å². The molecular weight excluding hydrogens is 326 g/mol. The molecule has 0 amide bonds. The van der Waals surface area contributed by atoms with E-state index in [-0.39, 0.29) is 5.95 Å². The van der Waals surface area contributed by atoms with E-state index in [1.54, 1.807) is 12.4 Å². The Balaban J connectivity index is 1.29. The Morgan fingerprint density at radius 3 is 2.42 bits per heavy atom. The highest BCUT2D eigenvalue weighted by molar-refractivity contribution is 5.72. The first kappa shape index (κ1) is 15.0. The Morgan fingerprint density at radius 2 is 1.69 bits per heavy atom. The highest BCUT2D eigenvalue weighted by Crippen LogP contribution is 2.47. The van der Waals surface area contributed by atoms with Crippen molar-refractivity contribution in [3.63, 3.8) is 0 Å². The molecule has 3 heterocycles. The molecule has 6 nitrogen and oxygen atoms in total. The first-order chi connectivity index (χ1) is 12.8. The molecule has 0 radical (unpaired) electrons. The van der Waals surface area contributed by atoms with Crippen LogP contribution in [0.25, 0.3) is 22.4 Å². The topological polar surface area (TPSA) is 90.7 Å². The maximum absolute atomic E-state index is 5.89. The van der Waals surface area contributed by atoms with Gasteiger partial charge in [0.05, 0.1) is 5.69 Å². The SMILES string of the molecule is Nc1ncc(-c2ccc(C3CC(c4nc5ccccc5o4)C3)cn2)cn1. The summed E-state index contributed by atoms with van der Waals surface area (Å²) in [5.74, 6) is 2.01. The van der Waals surface area contributed by atoms with Crippen LogP contribution in [0.3, 0.4) is 0 Å². The van der Waals surface area contributed by atoms with Crippen LogP contribution in [0.5, 0.6) is 0 Å². The van der Waals surface area contributed by atoms with Gasteiger partial charge in [0.2, 0.25) is 5.95 Å². The van der Waals surface area contributed by atoms with Crippen molar-refractivity contribution in [1.29, 1.82) is 0 Å². The molecule has 5 rings (SSSR count). The maximum Gasteiger partial charge on any atom is 0.219 e. The minimum Gasteiger partial charge on any atom is -0.440 e. The van der Waals surface area contributed by atoms with Gasteiger partial charge in [-0.25, -0.2) is 15.0 Å². The van der Waals surface area contributed by atoms with E-state index in [4.69, 9.17) is 10.2 Å². The van der Waals surface area contributed by atoms with Crippen molar-refractivity contribution in [1.82, 2.24) is 19.9 Å². The van der Waals surface area contributed by atoms with Gasteiger partial charge in [0, 0.05) is 30.1 Å². The number of nitrogens with two attached hydrogens (primary N) is 1. The minimum absolute atomic E-state index is 0.269. The number of aromatic nitrogens is 4. The number of benzene rings is 1. The fraction of sp³-hybridized carbons (Fsp3) is 0.200. The highest BCUT2D eigenvalue weighted by atomic mass is 16.3. The van der Waals surface area contributed by atoms with E-state index < -0.39 is 0 Å². The molecule has 1 aliphatic rings. The maximum atomic E-state index is 5.89. The van der Waals surface area contributed by atoms with Crippen molar-refractivity contribution in [2.75, 3.05) is 5.73 Å². The normalized spacial score (nSPS) is 19.4. The van der Waals surface area contributed by atoms with Crippen LogP contribution < -0.4 is 5.73 Å². The van der Waals surface area contributed by atoms with E-state index in [0.29, 0.717) is 11.8 Å². The Labute approximate surface area is 150 Å². The van der Waals surface area contributed by atoms with Crippen LogP contribution >= 0.6 is 0 Å². The number of fused-ring (bicyclic) bond motifs is 1. The van der Waals surface area contributed by atoms with E-state index in [1.165, 1.54) is 5.56 Å². The number of rotatable bonds is 3. The Bertz CT molecular complexity index is 1020. The second-order valence-electron chi connectivity index (χ2n) is 6.69. The standard InChI is InChI=1S/C20H17N5O/c21-20-23-10-15(11-24-20)16-6-5-12(9-22-16)13-7-14(8-13)19-25-17-3-1-2-4-18(17)26-19/h1-6,9-11,13-14H,7-8H2,(H2,21,23,24). The molecular formula is C20H17N5O. The zero-order valence-corrected chi connectivity index (χ0v) is 14.0. The van der Waals surface area contributed by atoms with Crippen LogP contribution in [-0.2, 0) is 0 Å². The van der Waals surface area contributed by atoms with E-state index >= 15 is 0 Å². The quantitative estimate of drug-likeness (QED) is 0.606. The molecule has 0 spiro atoms. The molecule has 0 bridgehead atoms. The summed E-state index contributed by atoms with van der Waals surface area (Å²) in [5, 5.41) is 0. The lowest BCUT2D eigenvalue weighted by molar-refractivity contribution is 0.298. The second-order valence-corrected chi connectivity index (χ2v) is 6.69. The largest absolute Gasteiger partial charge is 0.440 e. The van der Waals surface area contributed by atoms with Gasteiger partial charge in [-0.3, -0.25) is 4.98 Å². The first-order valence-corrected chi connectivity index (χ1v) is 8.65. The van der Waals surface area contributed by atoms with Crippen LogP contribution in [0.2, 0.25) is 0 Å². The van der Waals surface area contributed by atoms with Crippen molar-refractivity contribution < 1.29 is 4.42 Å². The monoisotopic (exact) mass is 343 g/mol. The zero-order chi connectivity index (χ0) is 17.5. The Hall–Kier alpha value is -3.28. The smallest absolute Gasteiger partial charge is 0.219 e. The van der Waals surface area contributed by atoms with Crippen LogP contribution in [0, 0.1) is 0 Å². The third kappa shape index (κ3) is 2.60. The van der Waals surface area contributed by atoms with Crippen molar-refractivity contribution in [3.8, 4) is 11.3 Å². The third-order valence-electron chi connectivity index (χ3n) is 5.02. The molecule has 6 heteroatoms. The summed E-state index contributed by atoms with van der Waals surface area (Å²) in [6, 6.07) is 12.0. The summed E-state index contributed by atoms with van der Waals surface area (Å²) in [7, 11) is 0. The molecule has 1 aromatic carbocycles. The summed E-state index contributed by atoms with van der Waals surface area (Å²) < 4.78 is 5.89. The van der Waals surface area contributed by atoms with Gasteiger partial charge >= 0.3 is 0 Å². The molecule has 1 aliphatic carbocycles. The molecule has 0 saturated heterocycles. The third-order valence-corrected chi connectivity index (χ3v) is 5.02. The molecule has 26 heavy (non-hydrogen) atoms. The lowest BCUT2D eigenvalue weighted by atomic mass is 9.71. The number of oxazole rings is 1. The second kappa shape index (κ2) is 5.91. The van der Waals surface area contributed by atoms with Crippen molar-refractivity contribution in [3.05, 3.63) is 66.4 Å². The van der Waals surface area contributed by atoms with Crippen molar-refractivity contribution in [2.45, 2.75) is 24.7 Å². The van der Waals surface area contributed by atoms with Gasteiger partial charge in [0.1, 0.15) is 5.52 Å². The van der Waals surface area contributed by atoms with Crippen LogP contribution in [-0.4, -0.2) is 19.9 Å². The summed E-state index contributed by atoms with van der Waals surface area (Å²) in [6.07, 6.45) is 7.41. The van der Waals surface area contributed by atoms with E-state index in [2.05, 4.69) is 26.0 Å². The Morgan fingerprint density at radius 1 is 0.885 bits per heavy atom. The molecule has 2 N–H and O–H groups in total. The van der Waals surface area contributed by atoms with E-state index in [1.807, 2.05) is 36.5 Å². The fourth-order valence-electron chi connectivity index (χ4n) is 3.44. The fourth-order valence-corrected chi connectivity index (χ4v) is 3.44. The number of nitrogens with zero attached hydrogens (tertiary/aromatic N) is 4. The number of hydrogen-bond donors (Lipinski definition) is 1. The van der Waals surface area contributed by atoms with Gasteiger partial charge in [-0.1, -0.05) is 18.2 Å². The number of pyridine rings is 1. The first-order valence-electron chi connectivity index (χ1n) is 8.65. The summed E-state index contributed by atoms with van der Waals surface area (Å²) in [5.41, 5.74) is 10.3. The van der Waals surface area contributed by atoms with Gasteiger partial charge in [0.25, 0.3) is 0 Å². The molecule has 0 atom stereocenters. The number of anilines is 1.